The molecule has 1 saturated heterocycles. The van der Waals surface area contributed by atoms with Crippen LogP contribution in [0.2, 0.25) is 5.02 Å². The predicted octanol–water partition coefficient (Wildman–Crippen LogP) is 5.01. The Morgan fingerprint density at radius 1 is 1.35 bits per heavy atom. The van der Waals surface area contributed by atoms with Crippen LogP contribution in [0.4, 0.5) is 4.39 Å². The van der Waals surface area contributed by atoms with E-state index in [2.05, 4.69) is 5.16 Å². The van der Waals surface area contributed by atoms with Gasteiger partial charge in [-0.3, -0.25) is 4.79 Å². The van der Waals surface area contributed by atoms with E-state index in [4.69, 9.17) is 20.5 Å². The first-order chi connectivity index (χ1) is 12.6. The van der Waals surface area contributed by atoms with Gasteiger partial charge in [0.05, 0.1) is 22.9 Å². The molecule has 0 radical (unpaired) electrons. The summed E-state index contributed by atoms with van der Waals surface area (Å²) in [4.78, 5) is 15.0. The van der Waals surface area contributed by atoms with E-state index >= 15 is 0 Å². The molecule has 5 nitrogen and oxygen atoms in total. The lowest BCUT2D eigenvalue weighted by molar-refractivity contribution is 0.0719. The third kappa shape index (κ3) is 2.70. The Morgan fingerprint density at radius 3 is 2.92 bits per heavy atom. The van der Waals surface area contributed by atoms with Gasteiger partial charge in [0.2, 0.25) is 0 Å². The fraction of sp³-hybridized carbons (Fsp3) is 0.263. The van der Waals surface area contributed by atoms with Crippen LogP contribution in [-0.4, -0.2) is 22.5 Å². The minimum Gasteiger partial charge on any atom is -0.467 e. The SMILES string of the molecule is Cc1onc(-c2c(F)cccc2Cl)c1C(=O)N1CCC[C@@H]1c1ccco1. The maximum atomic E-state index is 14.4. The molecule has 1 atom stereocenters. The summed E-state index contributed by atoms with van der Waals surface area (Å²) in [6.45, 7) is 2.22. The van der Waals surface area contributed by atoms with Gasteiger partial charge >= 0.3 is 0 Å². The molecule has 0 N–H and O–H groups in total. The third-order valence-electron chi connectivity index (χ3n) is 4.66. The molecule has 1 aromatic carbocycles. The summed E-state index contributed by atoms with van der Waals surface area (Å²) in [6, 6.07) is 7.83. The van der Waals surface area contributed by atoms with E-state index in [-0.39, 0.29) is 33.8 Å². The lowest BCUT2D eigenvalue weighted by atomic mass is 10.0. The summed E-state index contributed by atoms with van der Waals surface area (Å²) in [7, 11) is 0. The predicted molar refractivity (Wildman–Crippen MR) is 93.4 cm³/mol. The number of rotatable bonds is 3. The number of aromatic nitrogens is 1. The van der Waals surface area contributed by atoms with Gasteiger partial charge in [0.1, 0.15) is 28.6 Å². The molecule has 1 aliphatic heterocycles. The van der Waals surface area contributed by atoms with Gasteiger partial charge in [-0.2, -0.15) is 0 Å². The normalized spacial score (nSPS) is 17.0. The molecule has 26 heavy (non-hydrogen) atoms. The minimum atomic E-state index is -0.552. The van der Waals surface area contributed by atoms with E-state index in [0.29, 0.717) is 12.3 Å². The number of aryl methyl sites for hydroxylation is 1. The molecule has 1 amide bonds. The second-order valence-electron chi connectivity index (χ2n) is 6.23. The second-order valence-corrected chi connectivity index (χ2v) is 6.64. The molecule has 1 fully saturated rings. The number of carbonyl (C=O) groups excluding carboxylic acids is 1. The van der Waals surface area contributed by atoms with Crippen molar-refractivity contribution in [1.82, 2.24) is 10.1 Å². The highest BCUT2D eigenvalue weighted by Gasteiger charge is 2.36. The molecule has 2 aromatic heterocycles. The van der Waals surface area contributed by atoms with E-state index in [1.54, 1.807) is 30.2 Å². The number of benzene rings is 1. The van der Waals surface area contributed by atoms with Crippen LogP contribution in [0.1, 0.15) is 40.8 Å². The number of halogens is 2. The molecule has 0 unspecified atom stereocenters. The zero-order valence-corrected chi connectivity index (χ0v) is 14.8. The van der Waals surface area contributed by atoms with Gasteiger partial charge < -0.3 is 13.8 Å². The Balaban J connectivity index is 1.77. The Hall–Kier alpha value is -2.60. The average Bonchev–Trinajstić information content (AvgIpc) is 3.34. The summed E-state index contributed by atoms with van der Waals surface area (Å²) in [5, 5.41) is 4.09. The highest BCUT2D eigenvalue weighted by Crippen LogP contribution is 2.38. The van der Waals surface area contributed by atoms with E-state index in [9.17, 15) is 9.18 Å². The van der Waals surface area contributed by atoms with Crippen molar-refractivity contribution in [2.75, 3.05) is 6.54 Å². The summed E-state index contributed by atoms with van der Waals surface area (Å²) in [5.41, 5.74) is 0.430. The highest BCUT2D eigenvalue weighted by molar-refractivity contribution is 6.33. The van der Waals surface area contributed by atoms with E-state index in [1.165, 1.54) is 12.1 Å². The van der Waals surface area contributed by atoms with Crippen LogP contribution in [-0.2, 0) is 0 Å². The molecular formula is C19H16ClFN2O3. The highest BCUT2D eigenvalue weighted by atomic mass is 35.5. The number of hydrogen-bond acceptors (Lipinski definition) is 4. The quantitative estimate of drug-likeness (QED) is 0.646. The average molecular weight is 375 g/mol. The van der Waals surface area contributed by atoms with Crippen molar-refractivity contribution >= 4 is 17.5 Å². The van der Waals surface area contributed by atoms with Crippen LogP contribution in [0.3, 0.4) is 0 Å². The monoisotopic (exact) mass is 374 g/mol. The van der Waals surface area contributed by atoms with Crippen molar-refractivity contribution in [2.45, 2.75) is 25.8 Å². The van der Waals surface area contributed by atoms with Crippen LogP contribution >= 0.6 is 11.6 Å². The zero-order valence-electron chi connectivity index (χ0n) is 14.0. The van der Waals surface area contributed by atoms with Crippen molar-refractivity contribution in [2.24, 2.45) is 0 Å². The maximum absolute atomic E-state index is 14.4. The van der Waals surface area contributed by atoms with Gasteiger partial charge in [-0.05, 0) is 44.0 Å². The van der Waals surface area contributed by atoms with Crippen molar-refractivity contribution in [1.29, 1.82) is 0 Å². The van der Waals surface area contributed by atoms with E-state index < -0.39 is 5.82 Å². The van der Waals surface area contributed by atoms with E-state index in [1.807, 2.05) is 6.07 Å². The molecule has 3 heterocycles. The van der Waals surface area contributed by atoms with Crippen LogP contribution in [0.25, 0.3) is 11.3 Å². The lowest BCUT2D eigenvalue weighted by Gasteiger charge is -2.23. The van der Waals surface area contributed by atoms with Gasteiger partial charge in [0.15, 0.2) is 0 Å². The number of amides is 1. The first-order valence-corrected chi connectivity index (χ1v) is 8.70. The fourth-order valence-electron chi connectivity index (χ4n) is 3.45. The van der Waals surface area contributed by atoms with Gasteiger partial charge in [0, 0.05) is 6.54 Å². The Labute approximate surface area is 154 Å². The Morgan fingerprint density at radius 2 is 2.19 bits per heavy atom. The van der Waals surface area contributed by atoms with Gasteiger partial charge in [-0.15, -0.1) is 0 Å². The molecule has 0 aliphatic carbocycles. The zero-order chi connectivity index (χ0) is 18.3. The Kier molecular flexibility index (Phi) is 4.28. The number of carbonyl (C=O) groups is 1. The van der Waals surface area contributed by atoms with Crippen LogP contribution in [0, 0.1) is 12.7 Å². The number of likely N-dealkylation sites (tertiary alicyclic amines) is 1. The van der Waals surface area contributed by atoms with Gasteiger partial charge in [0.25, 0.3) is 5.91 Å². The lowest BCUT2D eigenvalue weighted by Crippen LogP contribution is -2.31. The number of nitrogens with zero attached hydrogens (tertiary/aromatic N) is 2. The van der Waals surface area contributed by atoms with Gasteiger partial charge in [-0.25, -0.2) is 4.39 Å². The molecule has 0 saturated carbocycles. The molecule has 0 spiro atoms. The first kappa shape index (κ1) is 16.8. The van der Waals surface area contributed by atoms with Gasteiger partial charge in [-0.1, -0.05) is 22.8 Å². The van der Waals surface area contributed by atoms with Crippen LogP contribution < -0.4 is 0 Å². The van der Waals surface area contributed by atoms with Crippen LogP contribution in [0.5, 0.6) is 0 Å². The molecule has 0 bridgehead atoms. The molecule has 1 aliphatic rings. The molecular weight excluding hydrogens is 359 g/mol. The number of hydrogen-bond donors (Lipinski definition) is 0. The summed E-state index contributed by atoms with van der Waals surface area (Å²) < 4.78 is 25.1. The minimum absolute atomic E-state index is 0.0723. The van der Waals surface area contributed by atoms with Crippen molar-refractivity contribution in [3.05, 3.63) is 64.5 Å². The topological polar surface area (TPSA) is 59.5 Å². The fourth-order valence-corrected chi connectivity index (χ4v) is 3.70. The van der Waals surface area contributed by atoms with Crippen molar-refractivity contribution < 1.29 is 18.1 Å². The van der Waals surface area contributed by atoms with E-state index in [0.717, 1.165) is 18.6 Å². The summed E-state index contributed by atoms with van der Waals surface area (Å²) in [5.74, 6) is 0.241. The largest absolute Gasteiger partial charge is 0.467 e. The summed E-state index contributed by atoms with van der Waals surface area (Å²) >= 11 is 6.16. The van der Waals surface area contributed by atoms with Crippen molar-refractivity contribution in [3.8, 4) is 11.3 Å². The maximum Gasteiger partial charge on any atom is 0.260 e. The molecule has 3 aromatic rings. The standard InChI is InChI=1S/C19H16ClFN2O3/c1-11-16(18(22-26-11)17-12(20)5-2-6-13(17)21)19(24)23-9-3-7-14(23)15-8-4-10-25-15/h2,4-6,8,10,14H,3,7,9H2,1H3/t14-/m1/s1. The van der Waals surface area contributed by atoms with Crippen molar-refractivity contribution in [3.63, 3.8) is 0 Å². The Bertz CT molecular complexity index is 932. The first-order valence-electron chi connectivity index (χ1n) is 8.33. The second kappa shape index (κ2) is 6.61. The smallest absolute Gasteiger partial charge is 0.260 e. The third-order valence-corrected chi connectivity index (χ3v) is 4.98. The molecule has 4 rings (SSSR count). The summed E-state index contributed by atoms with van der Waals surface area (Å²) in [6.07, 6.45) is 3.25. The molecule has 134 valence electrons. The number of furan rings is 1. The molecule has 7 heteroatoms. The van der Waals surface area contributed by atoms with Crippen LogP contribution in [0.15, 0.2) is 45.5 Å².